The number of aromatic nitrogens is 1. The highest BCUT2D eigenvalue weighted by atomic mass is 16.7. The molecule has 5 atom stereocenters. The number of guanidine groups is 1. The van der Waals surface area contributed by atoms with Gasteiger partial charge in [0.2, 0.25) is 30.2 Å². The predicted octanol–water partition coefficient (Wildman–Crippen LogP) is 8.42. The number of rotatable bonds is 29. The number of methoxy groups -OCH3 is 1. The molecule has 0 spiro atoms. The Morgan fingerprint density at radius 3 is 2.07 bits per heavy atom. The molecule has 5 aromatic rings. The van der Waals surface area contributed by atoms with Gasteiger partial charge in [-0.2, -0.15) is 5.26 Å². The van der Waals surface area contributed by atoms with E-state index in [1.165, 1.54) is 34.2 Å². The molecule has 97 heavy (non-hydrogen) atoms. The van der Waals surface area contributed by atoms with Gasteiger partial charge in [-0.25, -0.2) is 19.4 Å². The summed E-state index contributed by atoms with van der Waals surface area (Å²) < 4.78 is 44.8. The minimum atomic E-state index is -1.82. The lowest BCUT2D eigenvalue weighted by Gasteiger charge is -2.43. The number of fused-ring (bicyclic) bond motifs is 3. The number of esters is 4. The first-order valence-corrected chi connectivity index (χ1v) is 31.9. The largest absolute Gasteiger partial charge is 0.467 e. The Kier molecular flexibility index (Phi) is 27.0. The van der Waals surface area contributed by atoms with Crippen molar-refractivity contribution < 1.29 is 85.9 Å². The van der Waals surface area contributed by atoms with E-state index in [1.54, 1.807) is 49.8 Å². The van der Waals surface area contributed by atoms with Crippen LogP contribution in [0.3, 0.4) is 0 Å². The zero-order chi connectivity index (χ0) is 69.2. The molecule has 2 aliphatic carbocycles. The zero-order valence-corrected chi connectivity index (χ0v) is 54.6. The molecular formula is C69H80N10O18. The number of ether oxygens (including phenoxy) is 8. The van der Waals surface area contributed by atoms with Gasteiger partial charge in [0, 0.05) is 95.5 Å². The van der Waals surface area contributed by atoms with Crippen molar-refractivity contribution in [2.45, 2.75) is 141 Å². The molecule has 2 fully saturated rings. The smallest absolute Gasteiger partial charge is 0.411 e. The molecule has 4 aromatic carbocycles. The maximum Gasteiger partial charge on any atom is 0.411 e. The van der Waals surface area contributed by atoms with Gasteiger partial charge in [0.05, 0.1) is 25.4 Å². The molecule has 0 radical (unpaired) electrons. The highest BCUT2D eigenvalue weighted by molar-refractivity contribution is 5.97. The molecule has 3 aliphatic rings. The Bertz CT molecular complexity index is 3610. The molecule has 1 aliphatic heterocycles. The molecule has 5 N–H and O–H groups in total. The van der Waals surface area contributed by atoms with E-state index < -0.39 is 85.2 Å². The lowest BCUT2D eigenvalue weighted by molar-refractivity contribution is -0.282. The van der Waals surface area contributed by atoms with Crippen molar-refractivity contribution in [1.82, 2.24) is 25.6 Å². The molecule has 2 heterocycles. The zero-order valence-electron chi connectivity index (χ0n) is 54.6. The second-order valence-electron chi connectivity index (χ2n) is 23.0. The van der Waals surface area contributed by atoms with Crippen LogP contribution in [0, 0.1) is 11.5 Å². The number of hydrogen-bond acceptors (Lipinski definition) is 21. The normalized spacial score (nSPS) is 17.2. The second kappa shape index (κ2) is 36.3. The number of benzene rings is 4. The molecule has 1 saturated heterocycles. The third-order valence-electron chi connectivity index (χ3n) is 15.9. The number of hydrogen-bond donors (Lipinski definition) is 5. The van der Waals surface area contributed by atoms with Crippen molar-refractivity contribution in [1.29, 1.82) is 5.26 Å². The number of unbranched alkanes of at least 4 members (excludes halogenated alkanes) is 3. The summed E-state index contributed by atoms with van der Waals surface area (Å²) in [5.41, 5.74) is 5.50. The van der Waals surface area contributed by atoms with Crippen molar-refractivity contribution in [2.75, 3.05) is 63.0 Å². The van der Waals surface area contributed by atoms with Crippen molar-refractivity contribution in [3.63, 3.8) is 0 Å². The van der Waals surface area contributed by atoms with Crippen LogP contribution in [0.1, 0.15) is 124 Å². The first-order chi connectivity index (χ1) is 46.9. The number of hydroxylamine groups is 2. The number of nitrogens with one attached hydrogen (secondary N) is 5. The number of likely N-dealkylation sites (N-methyl/N-ethyl adjacent to an activating group) is 1. The molecular weight excluding hydrogens is 1260 g/mol. The summed E-state index contributed by atoms with van der Waals surface area (Å²) in [7, 11) is 2.63. The molecule has 1 saturated carbocycles. The van der Waals surface area contributed by atoms with Crippen LogP contribution in [-0.4, -0.2) is 158 Å². The third kappa shape index (κ3) is 21.2. The van der Waals surface area contributed by atoms with Gasteiger partial charge < -0.3 is 58.7 Å². The molecule has 514 valence electrons. The molecule has 28 heteroatoms. The number of pyridine rings is 1. The average molecular weight is 1340 g/mol. The number of amides is 5. The van der Waals surface area contributed by atoms with E-state index in [0.717, 1.165) is 107 Å². The number of anilines is 3. The van der Waals surface area contributed by atoms with E-state index in [0.29, 0.717) is 25.3 Å². The molecule has 28 nitrogen and oxygen atoms in total. The van der Waals surface area contributed by atoms with E-state index in [9.17, 15) is 43.2 Å². The number of carbonyl (C=O) groups excluding carboxylic acids is 9. The van der Waals surface area contributed by atoms with Crippen molar-refractivity contribution in [2.24, 2.45) is 4.99 Å². The van der Waals surface area contributed by atoms with Gasteiger partial charge in [-0.1, -0.05) is 92.8 Å². The van der Waals surface area contributed by atoms with Crippen molar-refractivity contribution in [3.05, 3.63) is 138 Å². The topological polar surface area (TPSA) is 352 Å². The maximum atomic E-state index is 13.8. The number of nitriles is 1. The third-order valence-corrected chi connectivity index (χ3v) is 15.9. The predicted molar refractivity (Wildman–Crippen MR) is 350 cm³/mol. The number of carbonyl (C=O) groups is 9. The quantitative estimate of drug-likeness (QED) is 0.00438. The van der Waals surface area contributed by atoms with Gasteiger partial charge >= 0.3 is 36.1 Å². The summed E-state index contributed by atoms with van der Waals surface area (Å²) in [4.78, 5) is 135. The van der Waals surface area contributed by atoms with Crippen LogP contribution in [0.25, 0.3) is 11.1 Å². The minimum Gasteiger partial charge on any atom is -0.467 e. The van der Waals surface area contributed by atoms with E-state index >= 15 is 0 Å². The summed E-state index contributed by atoms with van der Waals surface area (Å²) >= 11 is 0. The fourth-order valence-electron chi connectivity index (χ4n) is 11.4. The summed E-state index contributed by atoms with van der Waals surface area (Å²) in [6.07, 6.45) is 2.34. The summed E-state index contributed by atoms with van der Waals surface area (Å²) in [6, 6.07) is 29.5. The van der Waals surface area contributed by atoms with Gasteiger partial charge in [-0.3, -0.25) is 54.2 Å². The van der Waals surface area contributed by atoms with E-state index in [-0.39, 0.29) is 78.8 Å². The Labute approximate surface area is 560 Å². The summed E-state index contributed by atoms with van der Waals surface area (Å²) in [6.45, 7) is 3.19. The summed E-state index contributed by atoms with van der Waals surface area (Å²) in [5.74, 6) is -5.08. The van der Waals surface area contributed by atoms with Gasteiger partial charge in [0.25, 0.3) is 5.91 Å². The number of alkyl carbamates (subject to hydrolysis) is 1. The highest BCUT2D eigenvalue weighted by Crippen LogP contribution is 2.44. The molecule has 5 amide bonds. The first-order valence-electron chi connectivity index (χ1n) is 31.9. The van der Waals surface area contributed by atoms with Crippen LogP contribution in [0.15, 0.2) is 121 Å². The second-order valence-corrected chi connectivity index (χ2v) is 23.0. The lowest BCUT2D eigenvalue weighted by Crippen LogP contribution is -2.64. The van der Waals surface area contributed by atoms with Crippen LogP contribution in [0.5, 0.6) is 5.75 Å². The fraction of sp³-hybridized carbons (Fsp3) is 0.420. The summed E-state index contributed by atoms with van der Waals surface area (Å²) in [5, 5.41) is 24.2. The molecule has 1 aromatic heterocycles. The fourth-order valence-corrected chi connectivity index (χ4v) is 11.4. The van der Waals surface area contributed by atoms with Gasteiger partial charge in [-0.05, 0) is 96.0 Å². The van der Waals surface area contributed by atoms with E-state index in [2.05, 4.69) is 36.6 Å². The molecule has 0 unspecified atom stereocenters. The van der Waals surface area contributed by atoms with Gasteiger partial charge in [0.1, 0.15) is 19.0 Å². The minimum absolute atomic E-state index is 0.0301. The number of aliphatic imine (C=N–C) groups is 1. The molecule has 0 bridgehead atoms. The van der Waals surface area contributed by atoms with Crippen LogP contribution >= 0.6 is 0 Å². The van der Waals surface area contributed by atoms with Crippen molar-refractivity contribution in [3.8, 4) is 23.1 Å². The van der Waals surface area contributed by atoms with Crippen LogP contribution in [-0.2, 0) is 73.4 Å². The van der Waals surface area contributed by atoms with Gasteiger partial charge in [0.15, 0.2) is 24.5 Å². The Balaban J connectivity index is 0.877. The highest BCUT2D eigenvalue weighted by Gasteiger charge is 2.56. The Morgan fingerprint density at radius 1 is 0.701 bits per heavy atom. The maximum absolute atomic E-state index is 13.8. The molecule has 8 rings (SSSR count). The average Bonchev–Trinajstić information content (AvgIpc) is 1.72. The first kappa shape index (κ1) is 72.2. The van der Waals surface area contributed by atoms with Crippen LogP contribution < -0.4 is 31.3 Å². The monoisotopic (exact) mass is 1340 g/mol. The van der Waals surface area contributed by atoms with Crippen molar-refractivity contribution >= 4 is 76.8 Å². The van der Waals surface area contributed by atoms with E-state index in [1.807, 2.05) is 54.7 Å². The Hall–Kier alpha value is -10.7. The standard InChI is InChI=1S/C69H80N10O18/c1-43(80)93-60-61(94-44(2)81)63(95-45(3)82)66(97-62(60)65(86)89-5)96-57-28-27-46(38-56(57)77-58(83)31-35-73-68(87)91-41-55-53-24-14-12-22-51(53)52-23-13-15-25-54(52)55)40-90-69(88)76-49-19-17-18-47(39-49)64(85)78(4)36-37-92-79(50-20-9-8-10-21-50)59(84)26-11-6-7-16-32-72-67(74-42-70)75-48-29-33-71-34-30-48/h12-15,17-19,22-25,27-30,33-34,38-39,50,55,60-63,66H,6-11,16,20-21,26,31-32,35-37,40-41H2,1-5H3,(H,73,87)(H,76,88)(H,77,83)(H2,71,72,74,75)/t60-,61-,62-,63+,66+/m0/s1. The SMILES string of the molecule is COC(=O)[C@H]1O[C@@H](Oc2ccc(COC(=O)Nc3cccc(C(=O)N(C)CCON(C(=O)CCCCCCN=C(NC#N)Nc4ccncc4)C4CCCCC4)c3)cc2NC(=O)CCNC(=O)OCC2c3ccccc3-c3ccccc32)[C@H](OC(C)=O)[C@@H](OC(C)=O)[C@@H]1OC(C)=O. The number of nitrogens with zero attached hydrogens (tertiary/aromatic N) is 5. The van der Waals surface area contributed by atoms with Crippen LogP contribution in [0.4, 0.5) is 26.7 Å². The van der Waals surface area contributed by atoms with Crippen LogP contribution in [0.2, 0.25) is 0 Å². The lowest BCUT2D eigenvalue weighted by atomic mass is 9.95. The Morgan fingerprint density at radius 2 is 1.38 bits per heavy atom. The van der Waals surface area contributed by atoms with E-state index in [4.69, 9.17) is 48.0 Å². The van der Waals surface area contributed by atoms with Gasteiger partial charge in [-0.15, -0.1) is 0 Å².